The fourth-order valence-corrected chi connectivity index (χ4v) is 2.80. The van der Waals surface area contributed by atoms with Gasteiger partial charge in [0.25, 0.3) is 0 Å². The molecule has 0 aliphatic rings. The molecule has 18 heavy (non-hydrogen) atoms. The number of carboxylic acid groups (broad SMARTS) is 1. The Labute approximate surface area is 107 Å². The maximum absolute atomic E-state index is 11.7. The molecule has 0 aliphatic carbocycles. The molecule has 5 nitrogen and oxygen atoms in total. The predicted octanol–water partition coefficient (Wildman–Crippen LogP) is 1.77. The number of carbonyl (C=O) groups is 1. The summed E-state index contributed by atoms with van der Waals surface area (Å²) in [7, 11) is -3.64. The van der Waals surface area contributed by atoms with Crippen molar-refractivity contribution in [2.75, 3.05) is 10.5 Å². The molecule has 0 spiro atoms. The van der Waals surface area contributed by atoms with E-state index in [9.17, 15) is 13.2 Å². The normalized spacial score (nSPS) is 13.1. The molecule has 0 fully saturated rings. The van der Waals surface area contributed by atoms with Gasteiger partial charge in [-0.15, -0.1) is 0 Å². The van der Waals surface area contributed by atoms with Crippen molar-refractivity contribution in [3.05, 3.63) is 29.3 Å². The van der Waals surface area contributed by atoms with E-state index in [0.717, 1.165) is 11.1 Å². The van der Waals surface area contributed by atoms with Gasteiger partial charge in [-0.05, 0) is 37.1 Å². The lowest BCUT2D eigenvalue weighted by atomic mass is 10.1. The van der Waals surface area contributed by atoms with Crippen LogP contribution < -0.4 is 4.72 Å². The average Bonchev–Trinajstić information content (AvgIpc) is 2.22. The highest BCUT2D eigenvalue weighted by Gasteiger charge is 2.20. The van der Waals surface area contributed by atoms with Gasteiger partial charge < -0.3 is 5.11 Å². The van der Waals surface area contributed by atoms with Gasteiger partial charge in [-0.2, -0.15) is 0 Å². The van der Waals surface area contributed by atoms with E-state index in [1.54, 1.807) is 12.1 Å². The average molecular weight is 271 g/mol. The summed E-state index contributed by atoms with van der Waals surface area (Å²) in [6.07, 6.45) is 0. The van der Waals surface area contributed by atoms with Crippen LogP contribution in [-0.2, 0) is 14.8 Å². The third-order valence-corrected chi connectivity index (χ3v) is 4.16. The molecule has 6 heteroatoms. The van der Waals surface area contributed by atoms with Gasteiger partial charge in [-0.1, -0.05) is 13.0 Å². The minimum atomic E-state index is -3.64. The van der Waals surface area contributed by atoms with E-state index in [0.29, 0.717) is 5.69 Å². The van der Waals surface area contributed by atoms with E-state index < -0.39 is 27.7 Å². The molecular formula is C12H17NO4S. The number of hydrogen-bond acceptors (Lipinski definition) is 3. The van der Waals surface area contributed by atoms with Crippen molar-refractivity contribution in [2.45, 2.75) is 20.8 Å². The molecule has 2 N–H and O–H groups in total. The number of benzene rings is 1. The number of anilines is 1. The van der Waals surface area contributed by atoms with Crippen molar-refractivity contribution in [3.8, 4) is 0 Å². The molecule has 1 aromatic carbocycles. The number of carboxylic acids is 1. The van der Waals surface area contributed by atoms with Crippen molar-refractivity contribution in [1.82, 2.24) is 0 Å². The lowest BCUT2D eigenvalue weighted by Crippen LogP contribution is -2.25. The fraction of sp³-hybridized carbons (Fsp3) is 0.417. The number of aryl methyl sites for hydroxylation is 2. The second-order valence-corrected chi connectivity index (χ2v) is 6.19. The van der Waals surface area contributed by atoms with E-state index >= 15 is 0 Å². The molecule has 0 radical (unpaired) electrons. The summed E-state index contributed by atoms with van der Waals surface area (Å²) in [6, 6.07) is 5.19. The van der Waals surface area contributed by atoms with Crippen molar-refractivity contribution in [1.29, 1.82) is 0 Å². The summed E-state index contributed by atoms with van der Waals surface area (Å²) in [5.74, 6) is -2.50. The summed E-state index contributed by atoms with van der Waals surface area (Å²) < 4.78 is 25.9. The van der Waals surface area contributed by atoms with Gasteiger partial charge in [0, 0.05) is 5.69 Å². The van der Waals surface area contributed by atoms with Crippen molar-refractivity contribution < 1.29 is 18.3 Å². The number of sulfonamides is 1. The first-order chi connectivity index (χ1) is 8.21. The second-order valence-electron chi connectivity index (χ2n) is 4.42. The largest absolute Gasteiger partial charge is 0.481 e. The van der Waals surface area contributed by atoms with Crippen molar-refractivity contribution in [3.63, 3.8) is 0 Å². The zero-order chi connectivity index (χ0) is 13.9. The monoisotopic (exact) mass is 271 g/mol. The van der Waals surface area contributed by atoms with Crippen molar-refractivity contribution in [2.24, 2.45) is 5.92 Å². The van der Waals surface area contributed by atoms with Gasteiger partial charge in [-0.25, -0.2) is 8.42 Å². The van der Waals surface area contributed by atoms with Gasteiger partial charge in [0.1, 0.15) is 0 Å². The van der Waals surface area contributed by atoms with Crippen LogP contribution in [0.3, 0.4) is 0 Å². The minimum absolute atomic E-state index is 0.435. The van der Waals surface area contributed by atoms with E-state index in [1.807, 2.05) is 19.9 Å². The molecule has 0 amide bonds. The summed E-state index contributed by atoms with van der Waals surface area (Å²) in [4.78, 5) is 10.6. The van der Waals surface area contributed by atoms with E-state index in [1.165, 1.54) is 6.92 Å². The van der Waals surface area contributed by atoms with Crippen LogP contribution in [0.1, 0.15) is 18.1 Å². The Kier molecular flexibility index (Phi) is 4.34. The van der Waals surface area contributed by atoms with Crippen molar-refractivity contribution >= 4 is 21.7 Å². The Morgan fingerprint density at radius 3 is 2.44 bits per heavy atom. The maximum Gasteiger partial charge on any atom is 0.307 e. The SMILES string of the molecule is Cc1ccc(NS(=O)(=O)CC(C)C(=O)O)cc1C. The highest BCUT2D eigenvalue weighted by molar-refractivity contribution is 7.92. The topological polar surface area (TPSA) is 83.5 Å². The maximum atomic E-state index is 11.7. The lowest BCUT2D eigenvalue weighted by Gasteiger charge is -2.11. The fourth-order valence-electron chi connectivity index (χ4n) is 1.43. The van der Waals surface area contributed by atoms with Gasteiger partial charge in [-0.3, -0.25) is 9.52 Å². The zero-order valence-corrected chi connectivity index (χ0v) is 11.4. The molecule has 0 aliphatic heterocycles. The van der Waals surface area contributed by atoms with Crippen LogP contribution in [0.2, 0.25) is 0 Å². The molecule has 1 rings (SSSR count). The molecule has 1 unspecified atom stereocenters. The number of nitrogens with one attached hydrogen (secondary N) is 1. The molecule has 0 saturated carbocycles. The third kappa shape index (κ3) is 4.03. The highest BCUT2D eigenvalue weighted by Crippen LogP contribution is 2.16. The van der Waals surface area contributed by atoms with Crippen LogP contribution >= 0.6 is 0 Å². The summed E-state index contributed by atoms with van der Waals surface area (Å²) >= 11 is 0. The summed E-state index contributed by atoms with van der Waals surface area (Å²) in [5.41, 5.74) is 2.49. The Bertz CT molecular complexity index is 551. The zero-order valence-electron chi connectivity index (χ0n) is 10.6. The Morgan fingerprint density at radius 2 is 1.94 bits per heavy atom. The van der Waals surface area contributed by atoms with E-state index in [2.05, 4.69) is 4.72 Å². The van der Waals surface area contributed by atoms with Crippen LogP contribution in [-0.4, -0.2) is 25.2 Å². The highest BCUT2D eigenvalue weighted by atomic mass is 32.2. The van der Waals surface area contributed by atoms with Gasteiger partial charge in [0.2, 0.25) is 10.0 Å². The van der Waals surface area contributed by atoms with Crippen LogP contribution in [0.15, 0.2) is 18.2 Å². The Hall–Kier alpha value is -1.56. The molecule has 0 heterocycles. The molecule has 1 atom stereocenters. The molecule has 1 aromatic rings. The minimum Gasteiger partial charge on any atom is -0.481 e. The van der Waals surface area contributed by atoms with Gasteiger partial charge in [0.05, 0.1) is 11.7 Å². The molecular weight excluding hydrogens is 254 g/mol. The first kappa shape index (κ1) is 14.5. The lowest BCUT2D eigenvalue weighted by molar-refractivity contribution is -0.140. The first-order valence-electron chi connectivity index (χ1n) is 5.52. The molecule has 0 aromatic heterocycles. The number of rotatable bonds is 5. The standard InChI is InChI=1S/C12H17NO4S/c1-8-4-5-11(6-9(8)2)13-18(16,17)7-10(3)12(14)15/h4-6,10,13H,7H2,1-3H3,(H,14,15). The predicted molar refractivity (Wildman–Crippen MR) is 70.1 cm³/mol. The Morgan fingerprint density at radius 1 is 1.33 bits per heavy atom. The van der Waals surface area contributed by atoms with Gasteiger partial charge >= 0.3 is 5.97 Å². The van der Waals surface area contributed by atoms with Crippen LogP contribution in [0.5, 0.6) is 0 Å². The smallest absolute Gasteiger partial charge is 0.307 e. The van der Waals surface area contributed by atoms with Crippen LogP contribution in [0.4, 0.5) is 5.69 Å². The van der Waals surface area contributed by atoms with Crippen LogP contribution in [0, 0.1) is 19.8 Å². The summed E-state index contributed by atoms with van der Waals surface area (Å²) in [6.45, 7) is 5.18. The molecule has 0 bridgehead atoms. The second kappa shape index (κ2) is 5.39. The number of aliphatic carboxylic acids is 1. The Balaban J connectivity index is 2.82. The quantitative estimate of drug-likeness (QED) is 0.854. The van der Waals surface area contributed by atoms with Gasteiger partial charge in [0.15, 0.2) is 0 Å². The first-order valence-corrected chi connectivity index (χ1v) is 7.17. The summed E-state index contributed by atoms with van der Waals surface area (Å²) in [5, 5.41) is 8.70. The van der Waals surface area contributed by atoms with E-state index in [-0.39, 0.29) is 0 Å². The molecule has 0 saturated heterocycles. The number of hydrogen-bond donors (Lipinski definition) is 2. The molecule has 100 valence electrons. The third-order valence-electron chi connectivity index (χ3n) is 2.67. The van der Waals surface area contributed by atoms with Crippen LogP contribution in [0.25, 0.3) is 0 Å². The van der Waals surface area contributed by atoms with E-state index in [4.69, 9.17) is 5.11 Å².